The van der Waals surface area contributed by atoms with Crippen LogP contribution in [0.25, 0.3) is 0 Å². The summed E-state index contributed by atoms with van der Waals surface area (Å²) in [6.45, 7) is 0. The Morgan fingerprint density at radius 2 is 1.91 bits per heavy atom. The van der Waals surface area contributed by atoms with Gasteiger partial charge in [0.25, 0.3) is 0 Å². The summed E-state index contributed by atoms with van der Waals surface area (Å²) in [6.07, 6.45) is 2.22. The van der Waals surface area contributed by atoms with E-state index in [2.05, 4.69) is 15.4 Å². The van der Waals surface area contributed by atoms with Crippen LogP contribution in [0.1, 0.15) is 0 Å². The first-order valence-corrected chi connectivity index (χ1v) is 3.10. The van der Waals surface area contributed by atoms with E-state index >= 15 is 0 Å². The zero-order valence-corrected chi connectivity index (χ0v) is 6.37. The van der Waals surface area contributed by atoms with Gasteiger partial charge in [-0.3, -0.25) is 5.43 Å². The van der Waals surface area contributed by atoms with Crippen LogP contribution >= 0.6 is 0 Å². The molecular weight excluding hydrogens is 147 g/mol. The molecule has 0 amide bonds. The quantitative estimate of drug-likeness (QED) is 0.633. The van der Waals surface area contributed by atoms with Crippen LogP contribution in [0, 0.1) is 5.82 Å². The number of aromatic nitrogens is 2. The predicted molar refractivity (Wildman–Crippen MR) is 39.3 cm³/mol. The van der Waals surface area contributed by atoms with Crippen LogP contribution in [0.3, 0.4) is 0 Å². The summed E-state index contributed by atoms with van der Waals surface area (Å²) >= 11 is 0. The minimum absolute atomic E-state index is 0.386. The second kappa shape index (κ2) is 3.25. The molecule has 0 aliphatic heterocycles. The van der Waals surface area contributed by atoms with Crippen molar-refractivity contribution in [2.45, 2.75) is 0 Å². The van der Waals surface area contributed by atoms with Crippen molar-refractivity contribution in [3.05, 3.63) is 18.2 Å². The topological polar surface area (TPSA) is 41.0 Å². The van der Waals surface area contributed by atoms with E-state index in [4.69, 9.17) is 0 Å². The van der Waals surface area contributed by atoms with E-state index in [0.29, 0.717) is 5.95 Å². The first-order valence-electron chi connectivity index (χ1n) is 3.10. The molecule has 60 valence electrons. The molecule has 0 saturated heterocycles. The molecular formula is C6H9FN4. The second-order valence-electron chi connectivity index (χ2n) is 2.23. The molecule has 1 aromatic rings. The van der Waals surface area contributed by atoms with Gasteiger partial charge in [-0.2, -0.15) is 0 Å². The van der Waals surface area contributed by atoms with Gasteiger partial charge >= 0.3 is 0 Å². The van der Waals surface area contributed by atoms with Crippen molar-refractivity contribution in [1.82, 2.24) is 15.0 Å². The largest absolute Gasteiger partial charge is 0.287 e. The van der Waals surface area contributed by atoms with Crippen molar-refractivity contribution >= 4 is 5.95 Å². The summed E-state index contributed by atoms with van der Waals surface area (Å²) in [5.41, 5.74) is 2.78. The third kappa shape index (κ3) is 2.46. The van der Waals surface area contributed by atoms with Gasteiger partial charge in [0.05, 0.1) is 12.4 Å². The zero-order valence-electron chi connectivity index (χ0n) is 6.37. The highest BCUT2D eigenvalue weighted by Crippen LogP contribution is 1.97. The van der Waals surface area contributed by atoms with Crippen molar-refractivity contribution in [2.24, 2.45) is 0 Å². The van der Waals surface area contributed by atoms with Crippen molar-refractivity contribution < 1.29 is 4.39 Å². The molecule has 0 aromatic carbocycles. The highest BCUT2D eigenvalue weighted by atomic mass is 19.1. The van der Waals surface area contributed by atoms with Crippen molar-refractivity contribution in [3.63, 3.8) is 0 Å². The molecule has 0 bridgehead atoms. The summed E-state index contributed by atoms with van der Waals surface area (Å²) in [6, 6.07) is 0. The molecule has 4 nitrogen and oxygen atoms in total. The Bertz CT molecular complexity index is 221. The molecule has 1 rings (SSSR count). The van der Waals surface area contributed by atoms with Gasteiger partial charge in [-0.15, -0.1) is 0 Å². The fourth-order valence-corrected chi connectivity index (χ4v) is 0.570. The van der Waals surface area contributed by atoms with Crippen molar-refractivity contribution in [3.8, 4) is 0 Å². The lowest BCUT2D eigenvalue weighted by molar-refractivity contribution is 0.487. The Hall–Kier alpha value is -1.23. The Labute approximate surface area is 64.0 Å². The van der Waals surface area contributed by atoms with E-state index in [0.717, 1.165) is 12.4 Å². The van der Waals surface area contributed by atoms with E-state index < -0.39 is 5.82 Å². The Morgan fingerprint density at radius 3 is 2.36 bits per heavy atom. The average Bonchev–Trinajstić information content (AvgIpc) is 1.93. The maximum absolute atomic E-state index is 12.3. The number of halogens is 1. The highest BCUT2D eigenvalue weighted by molar-refractivity contribution is 5.19. The summed E-state index contributed by atoms with van der Waals surface area (Å²) < 4.78 is 12.3. The van der Waals surface area contributed by atoms with E-state index in [1.54, 1.807) is 19.1 Å². The minimum atomic E-state index is -0.436. The molecule has 0 aliphatic rings. The first kappa shape index (κ1) is 7.87. The molecule has 0 fully saturated rings. The van der Waals surface area contributed by atoms with Gasteiger partial charge in [0.2, 0.25) is 5.95 Å². The SMILES string of the molecule is CN(C)Nc1ncc(F)cn1. The van der Waals surface area contributed by atoms with Crippen LogP contribution in [-0.4, -0.2) is 29.1 Å². The number of nitrogens with one attached hydrogen (secondary N) is 1. The first-order chi connectivity index (χ1) is 5.18. The number of hydrogen-bond donors (Lipinski definition) is 1. The molecule has 5 heteroatoms. The van der Waals surface area contributed by atoms with Crippen LogP contribution in [-0.2, 0) is 0 Å². The second-order valence-corrected chi connectivity index (χ2v) is 2.23. The number of rotatable bonds is 2. The molecule has 0 saturated carbocycles. The summed E-state index contributed by atoms with van der Waals surface area (Å²) in [4.78, 5) is 7.36. The number of anilines is 1. The fourth-order valence-electron chi connectivity index (χ4n) is 0.570. The summed E-state index contributed by atoms with van der Waals surface area (Å²) in [5, 5.41) is 1.67. The molecule has 0 unspecified atom stereocenters. The monoisotopic (exact) mass is 156 g/mol. The lowest BCUT2D eigenvalue weighted by Gasteiger charge is -2.10. The highest BCUT2D eigenvalue weighted by Gasteiger charge is 1.95. The van der Waals surface area contributed by atoms with Gasteiger partial charge in [-0.25, -0.2) is 19.4 Å². The standard InChI is InChI=1S/C6H9FN4/c1-11(2)10-6-8-3-5(7)4-9-6/h3-4H,1-2H3,(H,8,9,10). The predicted octanol–water partition coefficient (Wildman–Crippen LogP) is 0.504. The van der Waals surface area contributed by atoms with Crippen LogP contribution in [0.2, 0.25) is 0 Å². The molecule has 0 spiro atoms. The molecule has 0 aliphatic carbocycles. The minimum Gasteiger partial charge on any atom is -0.287 e. The molecule has 0 atom stereocenters. The fraction of sp³-hybridized carbons (Fsp3) is 0.333. The zero-order chi connectivity index (χ0) is 8.27. The van der Waals surface area contributed by atoms with Crippen LogP contribution in [0.5, 0.6) is 0 Å². The Balaban J connectivity index is 2.66. The molecule has 1 N–H and O–H groups in total. The van der Waals surface area contributed by atoms with Crippen LogP contribution < -0.4 is 5.43 Å². The molecule has 1 heterocycles. The van der Waals surface area contributed by atoms with Gasteiger partial charge in [0, 0.05) is 14.1 Å². The Morgan fingerprint density at radius 1 is 1.36 bits per heavy atom. The third-order valence-corrected chi connectivity index (χ3v) is 0.944. The lowest BCUT2D eigenvalue weighted by atomic mass is 10.6. The summed E-state index contributed by atoms with van der Waals surface area (Å²) in [5.74, 6) is -0.0503. The molecule has 11 heavy (non-hydrogen) atoms. The van der Waals surface area contributed by atoms with Crippen molar-refractivity contribution in [2.75, 3.05) is 19.5 Å². The van der Waals surface area contributed by atoms with E-state index in [1.807, 2.05) is 0 Å². The van der Waals surface area contributed by atoms with Crippen LogP contribution in [0.15, 0.2) is 12.4 Å². The maximum atomic E-state index is 12.3. The smallest absolute Gasteiger partial charge is 0.237 e. The number of hydrogen-bond acceptors (Lipinski definition) is 4. The van der Waals surface area contributed by atoms with Gasteiger partial charge < -0.3 is 0 Å². The maximum Gasteiger partial charge on any atom is 0.237 e. The van der Waals surface area contributed by atoms with E-state index in [1.165, 1.54) is 0 Å². The van der Waals surface area contributed by atoms with E-state index in [-0.39, 0.29) is 0 Å². The molecule has 1 aromatic heterocycles. The van der Waals surface area contributed by atoms with Gasteiger partial charge in [-0.1, -0.05) is 0 Å². The third-order valence-electron chi connectivity index (χ3n) is 0.944. The Kier molecular flexibility index (Phi) is 2.32. The number of hydrazine groups is 1. The van der Waals surface area contributed by atoms with Gasteiger partial charge in [-0.05, 0) is 0 Å². The van der Waals surface area contributed by atoms with Crippen molar-refractivity contribution in [1.29, 1.82) is 0 Å². The lowest BCUT2D eigenvalue weighted by Crippen LogP contribution is -2.21. The van der Waals surface area contributed by atoms with Crippen LogP contribution in [0.4, 0.5) is 10.3 Å². The normalized spacial score (nSPS) is 10.2. The summed E-state index contributed by atoms with van der Waals surface area (Å²) in [7, 11) is 3.60. The van der Waals surface area contributed by atoms with E-state index in [9.17, 15) is 4.39 Å². The van der Waals surface area contributed by atoms with Gasteiger partial charge in [0.1, 0.15) is 0 Å². The number of nitrogens with zero attached hydrogens (tertiary/aromatic N) is 3. The average molecular weight is 156 g/mol. The molecule has 0 radical (unpaired) electrons. The van der Waals surface area contributed by atoms with Gasteiger partial charge in [0.15, 0.2) is 5.82 Å².